The molecule has 6 nitrogen and oxygen atoms in total. The molecule has 0 spiro atoms. The van der Waals surface area contributed by atoms with Gasteiger partial charge in [0.05, 0.1) is 5.92 Å². The number of amides is 1. The number of hydrogen-bond donors (Lipinski definition) is 2. The third kappa shape index (κ3) is 4.87. The second kappa shape index (κ2) is 6.78. The molecule has 3 N–H and O–H groups in total. The zero-order chi connectivity index (χ0) is 15.3. The summed E-state index contributed by atoms with van der Waals surface area (Å²) >= 11 is 0. The molecule has 1 amide bonds. The lowest BCUT2D eigenvalue weighted by Gasteiger charge is -2.17. The van der Waals surface area contributed by atoms with E-state index in [9.17, 15) is 17.6 Å². The Morgan fingerprint density at radius 3 is 2.35 bits per heavy atom. The summed E-state index contributed by atoms with van der Waals surface area (Å²) in [5, 5.41) is 0. The molecule has 0 heterocycles. The van der Waals surface area contributed by atoms with E-state index in [0.717, 1.165) is 4.31 Å². The van der Waals surface area contributed by atoms with Crippen molar-refractivity contribution >= 4 is 16.1 Å². The third-order valence-corrected chi connectivity index (χ3v) is 4.28. The van der Waals surface area contributed by atoms with Gasteiger partial charge in [0, 0.05) is 20.6 Å². The van der Waals surface area contributed by atoms with Crippen LogP contribution in [0.5, 0.6) is 0 Å². The summed E-state index contributed by atoms with van der Waals surface area (Å²) in [7, 11) is -0.857. The normalized spacial score (nSPS) is 13.4. The summed E-state index contributed by atoms with van der Waals surface area (Å²) in [4.78, 5) is 11.4. The van der Waals surface area contributed by atoms with Crippen LogP contribution in [0.4, 0.5) is 4.39 Å². The second-order valence-electron chi connectivity index (χ2n) is 4.57. The van der Waals surface area contributed by atoms with Crippen LogP contribution in [0.2, 0.25) is 0 Å². The molecular weight excluding hydrogens is 285 g/mol. The molecule has 1 rings (SSSR count). The molecule has 0 saturated heterocycles. The van der Waals surface area contributed by atoms with Crippen molar-refractivity contribution in [3.8, 4) is 0 Å². The third-order valence-electron chi connectivity index (χ3n) is 2.79. The summed E-state index contributed by atoms with van der Waals surface area (Å²) in [6.07, 6.45) is 0.242. The van der Waals surface area contributed by atoms with Gasteiger partial charge in [0.2, 0.25) is 5.91 Å². The van der Waals surface area contributed by atoms with E-state index in [1.807, 2.05) is 0 Å². The molecule has 1 atom stereocenters. The Balaban J connectivity index is 2.71. The largest absolute Gasteiger partial charge is 0.369 e. The maximum absolute atomic E-state index is 12.8. The number of rotatable bonds is 7. The van der Waals surface area contributed by atoms with Crippen molar-refractivity contribution in [1.29, 1.82) is 0 Å². The number of nitrogens with two attached hydrogens (primary N) is 1. The first-order valence-electron chi connectivity index (χ1n) is 5.93. The van der Waals surface area contributed by atoms with Crippen molar-refractivity contribution in [2.75, 3.05) is 20.6 Å². The maximum Gasteiger partial charge on any atom is 0.278 e. The zero-order valence-corrected chi connectivity index (χ0v) is 12.2. The number of halogens is 1. The topological polar surface area (TPSA) is 92.5 Å². The fraction of sp³-hybridized carbons (Fsp3) is 0.417. The van der Waals surface area contributed by atoms with Crippen molar-refractivity contribution in [3.05, 3.63) is 35.6 Å². The van der Waals surface area contributed by atoms with E-state index in [1.54, 1.807) is 0 Å². The van der Waals surface area contributed by atoms with Crippen LogP contribution in [0.3, 0.4) is 0 Å². The number of hydrogen-bond acceptors (Lipinski definition) is 3. The molecule has 112 valence electrons. The van der Waals surface area contributed by atoms with Gasteiger partial charge in [0.15, 0.2) is 0 Å². The molecule has 20 heavy (non-hydrogen) atoms. The molecule has 0 fully saturated rings. The SMILES string of the molecule is CN(C)S(=O)(=O)NCC(Cc1ccc(F)cc1)C(N)=O. The predicted octanol–water partition coefficient (Wildman–Crippen LogP) is -0.134. The van der Waals surface area contributed by atoms with E-state index in [4.69, 9.17) is 5.73 Å². The van der Waals surface area contributed by atoms with Gasteiger partial charge in [-0.15, -0.1) is 0 Å². The van der Waals surface area contributed by atoms with E-state index in [0.29, 0.717) is 5.56 Å². The Hall–Kier alpha value is -1.51. The highest BCUT2D eigenvalue weighted by molar-refractivity contribution is 7.87. The van der Waals surface area contributed by atoms with Gasteiger partial charge in [0.25, 0.3) is 10.2 Å². The Kier molecular flexibility index (Phi) is 5.61. The van der Waals surface area contributed by atoms with Crippen molar-refractivity contribution in [2.24, 2.45) is 11.7 Å². The molecule has 0 aliphatic carbocycles. The highest BCUT2D eigenvalue weighted by Crippen LogP contribution is 2.10. The molecule has 0 aromatic heterocycles. The average molecular weight is 303 g/mol. The Morgan fingerprint density at radius 2 is 1.90 bits per heavy atom. The van der Waals surface area contributed by atoms with Gasteiger partial charge in [-0.3, -0.25) is 4.79 Å². The molecule has 0 aliphatic heterocycles. The molecule has 1 aromatic rings. The van der Waals surface area contributed by atoms with E-state index < -0.39 is 22.0 Å². The minimum Gasteiger partial charge on any atom is -0.369 e. The lowest BCUT2D eigenvalue weighted by Crippen LogP contribution is -2.42. The van der Waals surface area contributed by atoms with Gasteiger partial charge < -0.3 is 5.73 Å². The summed E-state index contributed by atoms with van der Waals surface area (Å²) in [5.74, 6) is -1.69. The van der Waals surface area contributed by atoms with Crippen LogP contribution in [0.1, 0.15) is 5.56 Å². The van der Waals surface area contributed by atoms with Gasteiger partial charge >= 0.3 is 0 Å². The van der Waals surface area contributed by atoms with Crippen LogP contribution in [-0.2, 0) is 21.4 Å². The van der Waals surface area contributed by atoms with Crippen LogP contribution >= 0.6 is 0 Å². The van der Waals surface area contributed by atoms with Crippen molar-refractivity contribution in [1.82, 2.24) is 9.03 Å². The molecule has 0 aliphatic rings. The maximum atomic E-state index is 12.8. The predicted molar refractivity (Wildman–Crippen MR) is 73.4 cm³/mol. The van der Waals surface area contributed by atoms with Crippen LogP contribution in [0.15, 0.2) is 24.3 Å². The number of benzene rings is 1. The van der Waals surface area contributed by atoms with Crippen molar-refractivity contribution < 1.29 is 17.6 Å². The van der Waals surface area contributed by atoms with Gasteiger partial charge in [-0.1, -0.05) is 12.1 Å². The number of nitrogens with one attached hydrogen (secondary N) is 1. The fourth-order valence-corrected chi connectivity index (χ4v) is 2.18. The lowest BCUT2D eigenvalue weighted by molar-refractivity contribution is -0.121. The second-order valence-corrected chi connectivity index (χ2v) is 6.53. The standard InChI is InChI=1S/C12H18FN3O3S/c1-16(2)20(18,19)15-8-10(12(14)17)7-9-3-5-11(13)6-4-9/h3-6,10,15H,7-8H2,1-2H3,(H2,14,17). The first-order valence-corrected chi connectivity index (χ1v) is 7.37. The van der Waals surface area contributed by atoms with E-state index >= 15 is 0 Å². The monoisotopic (exact) mass is 303 g/mol. The van der Waals surface area contributed by atoms with Gasteiger partial charge in [-0.2, -0.15) is 12.7 Å². The van der Waals surface area contributed by atoms with Crippen molar-refractivity contribution in [2.45, 2.75) is 6.42 Å². The van der Waals surface area contributed by atoms with Crippen LogP contribution in [0, 0.1) is 11.7 Å². The molecule has 0 bridgehead atoms. The first kappa shape index (κ1) is 16.5. The molecule has 0 radical (unpaired) electrons. The van der Waals surface area contributed by atoms with Crippen LogP contribution < -0.4 is 10.5 Å². The summed E-state index contributed by atoms with van der Waals surface area (Å²) in [5.41, 5.74) is 5.97. The molecule has 1 aromatic carbocycles. The molecule has 0 saturated carbocycles. The smallest absolute Gasteiger partial charge is 0.278 e. The Bertz CT molecular complexity index is 558. The zero-order valence-electron chi connectivity index (χ0n) is 11.3. The Morgan fingerprint density at radius 1 is 1.35 bits per heavy atom. The van der Waals surface area contributed by atoms with Crippen LogP contribution in [0.25, 0.3) is 0 Å². The van der Waals surface area contributed by atoms with Crippen molar-refractivity contribution in [3.63, 3.8) is 0 Å². The molecule has 8 heteroatoms. The van der Waals surface area contributed by atoms with Crippen LogP contribution in [-0.4, -0.2) is 39.3 Å². The first-order chi connectivity index (χ1) is 9.22. The summed E-state index contributed by atoms with van der Waals surface area (Å²) in [6, 6.07) is 5.62. The summed E-state index contributed by atoms with van der Waals surface area (Å²) < 4.78 is 39.2. The molecular formula is C12H18FN3O3S. The van der Waals surface area contributed by atoms with Gasteiger partial charge in [0.1, 0.15) is 5.82 Å². The number of nitrogens with zero attached hydrogens (tertiary/aromatic N) is 1. The minimum absolute atomic E-state index is 0.104. The minimum atomic E-state index is -3.61. The Labute approximate surface area is 117 Å². The van der Waals surface area contributed by atoms with E-state index in [-0.39, 0.29) is 18.8 Å². The quantitative estimate of drug-likeness (QED) is 0.734. The lowest BCUT2D eigenvalue weighted by atomic mass is 9.99. The highest BCUT2D eigenvalue weighted by atomic mass is 32.2. The van der Waals surface area contributed by atoms with Gasteiger partial charge in [-0.05, 0) is 24.1 Å². The number of carbonyl (C=O) groups is 1. The molecule has 1 unspecified atom stereocenters. The van der Waals surface area contributed by atoms with E-state index in [1.165, 1.54) is 38.4 Å². The number of carbonyl (C=O) groups excluding carboxylic acids is 1. The summed E-state index contributed by atoms with van der Waals surface area (Å²) in [6.45, 7) is -0.104. The fourth-order valence-electron chi connectivity index (χ4n) is 1.51. The van der Waals surface area contributed by atoms with Gasteiger partial charge in [-0.25, -0.2) is 9.11 Å². The number of primary amides is 1. The van der Waals surface area contributed by atoms with E-state index in [2.05, 4.69) is 4.72 Å². The average Bonchev–Trinajstić information content (AvgIpc) is 2.36. The highest BCUT2D eigenvalue weighted by Gasteiger charge is 2.20.